The van der Waals surface area contributed by atoms with Crippen LogP contribution in [-0.4, -0.2) is 15.0 Å². The highest BCUT2D eigenvalue weighted by molar-refractivity contribution is 7.26. The molecule has 0 saturated heterocycles. The van der Waals surface area contributed by atoms with Crippen molar-refractivity contribution in [1.29, 1.82) is 0 Å². The summed E-state index contributed by atoms with van der Waals surface area (Å²) in [5.41, 5.74) is 9.26. The monoisotopic (exact) mass is 739 g/mol. The highest BCUT2D eigenvalue weighted by Gasteiger charge is 2.22. The Labute approximate surface area is 323 Å². The van der Waals surface area contributed by atoms with Crippen molar-refractivity contribution in [2.24, 2.45) is 0 Å². The summed E-state index contributed by atoms with van der Waals surface area (Å²) in [5.74, 6) is 1.92. The molecule has 7 aromatic carbocycles. The molecule has 4 nitrogen and oxygen atoms in total. The van der Waals surface area contributed by atoms with Gasteiger partial charge in [-0.25, -0.2) is 15.0 Å². The van der Waals surface area contributed by atoms with Crippen LogP contribution < -0.4 is 0 Å². The Morgan fingerprint density at radius 3 is 2.07 bits per heavy atom. The van der Waals surface area contributed by atoms with Gasteiger partial charge in [0.1, 0.15) is 11.2 Å². The van der Waals surface area contributed by atoms with Gasteiger partial charge in [0.2, 0.25) is 0 Å². The van der Waals surface area contributed by atoms with Gasteiger partial charge in [-0.3, -0.25) is 0 Å². The Morgan fingerprint density at radius 1 is 0.455 bits per heavy atom. The van der Waals surface area contributed by atoms with E-state index >= 15 is 0 Å². The molecule has 0 atom stereocenters. The van der Waals surface area contributed by atoms with Crippen LogP contribution in [0.4, 0.5) is 0 Å². The summed E-state index contributed by atoms with van der Waals surface area (Å²) < 4.78 is 11.7. The number of aromatic nitrogens is 3. The van der Waals surface area contributed by atoms with Crippen molar-refractivity contribution in [3.8, 4) is 45.3 Å². The van der Waals surface area contributed by atoms with E-state index in [1.807, 2.05) is 23.5 Å². The third-order valence-corrected chi connectivity index (χ3v) is 13.3. The predicted molar refractivity (Wildman–Crippen MR) is 232 cm³/mol. The summed E-state index contributed by atoms with van der Waals surface area (Å²) >= 11 is 3.63. The maximum atomic E-state index is 6.63. The third-order valence-electron chi connectivity index (χ3n) is 11.0. The molecule has 0 fully saturated rings. The molecule has 0 saturated carbocycles. The standard InChI is InChI=1S/C49H29N3OS2/c1-2-11-29-24-31(21-20-28(29)10-1)47-50-48(36-15-9-19-44-46(36)35-14-5-8-18-42(35)55-44)52-49(51-47)38-26-32(27-40-45(38)34-13-3-6-16-39(34)53-40)30-22-23-43-37(25-30)33-12-4-7-17-41(33)54-43/h2-9,11-27H,1,10H2. The summed E-state index contributed by atoms with van der Waals surface area (Å²) in [6.45, 7) is 0. The van der Waals surface area contributed by atoms with Gasteiger partial charge in [-0.15, -0.1) is 22.7 Å². The lowest BCUT2D eigenvalue weighted by molar-refractivity contribution is 0.669. The van der Waals surface area contributed by atoms with Gasteiger partial charge < -0.3 is 4.42 Å². The second-order valence-electron chi connectivity index (χ2n) is 14.2. The number of hydrogen-bond donors (Lipinski definition) is 0. The zero-order valence-corrected chi connectivity index (χ0v) is 31.0. The first-order valence-electron chi connectivity index (χ1n) is 18.6. The van der Waals surface area contributed by atoms with E-state index in [1.54, 1.807) is 11.3 Å². The second kappa shape index (κ2) is 12.0. The molecule has 0 spiro atoms. The molecule has 1 aliphatic rings. The third kappa shape index (κ3) is 4.92. The number of benzene rings is 7. The normalized spacial score (nSPS) is 12.9. The predicted octanol–water partition coefficient (Wildman–Crippen LogP) is 14.1. The number of fused-ring (bicyclic) bond motifs is 10. The fraction of sp³-hybridized carbons (Fsp3) is 0.0408. The molecule has 0 bridgehead atoms. The minimum Gasteiger partial charge on any atom is -0.456 e. The number of allylic oxidation sites excluding steroid dienone is 1. The molecular weight excluding hydrogens is 711 g/mol. The number of nitrogens with zero attached hydrogens (tertiary/aromatic N) is 3. The van der Waals surface area contributed by atoms with Gasteiger partial charge in [-0.05, 0) is 89.7 Å². The van der Waals surface area contributed by atoms with Crippen molar-refractivity contribution in [3.63, 3.8) is 0 Å². The first kappa shape index (κ1) is 30.9. The minimum absolute atomic E-state index is 0.616. The van der Waals surface area contributed by atoms with Gasteiger partial charge in [0.05, 0.1) is 0 Å². The molecule has 0 radical (unpaired) electrons. The van der Waals surface area contributed by atoms with Crippen molar-refractivity contribution in [2.45, 2.75) is 12.8 Å². The molecule has 0 aliphatic heterocycles. The summed E-state index contributed by atoms with van der Waals surface area (Å²) in [7, 11) is 0. The van der Waals surface area contributed by atoms with Crippen molar-refractivity contribution in [2.75, 3.05) is 0 Å². The van der Waals surface area contributed by atoms with Gasteiger partial charge in [-0.2, -0.15) is 0 Å². The Balaban J connectivity index is 1.15. The van der Waals surface area contributed by atoms with Gasteiger partial charge in [0.25, 0.3) is 0 Å². The molecule has 4 heterocycles. The van der Waals surface area contributed by atoms with Crippen LogP contribution >= 0.6 is 22.7 Å². The fourth-order valence-electron chi connectivity index (χ4n) is 8.38. The van der Waals surface area contributed by atoms with Crippen LogP contribution in [0, 0.1) is 0 Å². The summed E-state index contributed by atoms with van der Waals surface area (Å²) in [4.78, 5) is 16.0. The number of hydrogen-bond acceptors (Lipinski definition) is 6. The lowest BCUT2D eigenvalue weighted by atomic mass is 9.95. The molecule has 0 N–H and O–H groups in total. The van der Waals surface area contributed by atoms with Crippen molar-refractivity contribution in [3.05, 3.63) is 157 Å². The van der Waals surface area contributed by atoms with E-state index in [4.69, 9.17) is 19.4 Å². The minimum atomic E-state index is 0.616. The van der Waals surface area contributed by atoms with E-state index < -0.39 is 0 Å². The van der Waals surface area contributed by atoms with E-state index in [1.165, 1.54) is 51.5 Å². The molecular formula is C49H29N3OS2. The summed E-state index contributed by atoms with van der Waals surface area (Å²) in [5, 5.41) is 6.94. The maximum Gasteiger partial charge on any atom is 0.164 e. The van der Waals surface area contributed by atoms with Gasteiger partial charge in [0, 0.05) is 67.8 Å². The van der Waals surface area contributed by atoms with Gasteiger partial charge in [-0.1, -0.05) is 97.1 Å². The average molecular weight is 740 g/mol. The zero-order valence-electron chi connectivity index (χ0n) is 29.4. The van der Waals surface area contributed by atoms with Crippen LogP contribution in [0.5, 0.6) is 0 Å². The Hall–Kier alpha value is -6.47. The quantitative estimate of drug-likeness (QED) is 0.180. The summed E-state index contributed by atoms with van der Waals surface area (Å²) in [6.07, 6.45) is 6.58. The van der Waals surface area contributed by atoms with E-state index in [-0.39, 0.29) is 0 Å². The van der Waals surface area contributed by atoms with Crippen molar-refractivity contribution in [1.82, 2.24) is 15.0 Å². The van der Waals surface area contributed by atoms with Crippen LogP contribution in [0.3, 0.4) is 0 Å². The van der Waals surface area contributed by atoms with Crippen LogP contribution in [0.25, 0.3) is 114 Å². The first-order chi connectivity index (χ1) is 27.2. The molecule has 258 valence electrons. The first-order valence-corrected chi connectivity index (χ1v) is 20.2. The molecule has 0 unspecified atom stereocenters. The maximum absolute atomic E-state index is 6.63. The number of aryl methyl sites for hydroxylation is 1. The Kier molecular flexibility index (Phi) is 6.76. The topological polar surface area (TPSA) is 51.8 Å². The van der Waals surface area contributed by atoms with Crippen LogP contribution in [0.15, 0.2) is 150 Å². The highest BCUT2D eigenvalue weighted by atomic mass is 32.1. The molecule has 12 rings (SSSR count). The van der Waals surface area contributed by atoms with Crippen molar-refractivity contribution >= 4 is 91.0 Å². The average Bonchev–Trinajstić information content (AvgIpc) is 3.94. The Bertz CT molecular complexity index is 3400. The lowest BCUT2D eigenvalue weighted by Crippen LogP contribution is -2.02. The zero-order chi connectivity index (χ0) is 36.0. The number of furan rings is 1. The largest absolute Gasteiger partial charge is 0.456 e. The van der Waals surface area contributed by atoms with E-state index in [2.05, 4.69) is 140 Å². The molecule has 4 aromatic heterocycles. The highest BCUT2D eigenvalue weighted by Crippen LogP contribution is 2.43. The number of thiophene rings is 2. The number of rotatable bonds is 4. The smallest absolute Gasteiger partial charge is 0.164 e. The summed E-state index contributed by atoms with van der Waals surface area (Å²) in [6, 6.07) is 49.8. The van der Waals surface area contributed by atoms with Crippen molar-refractivity contribution < 1.29 is 4.42 Å². The number of para-hydroxylation sites is 1. The molecule has 55 heavy (non-hydrogen) atoms. The lowest BCUT2D eigenvalue weighted by Gasteiger charge is -2.14. The van der Waals surface area contributed by atoms with E-state index in [0.29, 0.717) is 17.5 Å². The molecule has 11 aromatic rings. The molecule has 1 aliphatic carbocycles. The van der Waals surface area contributed by atoms with Gasteiger partial charge in [0.15, 0.2) is 17.5 Å². The van der Waals surface area contributed by atoms with E-state index in [0.717, 1.165) is 62.6 Å². The Morgan fingerprint density at radius 2 is 1.16 bits per heavy atom. The van der Waals surface area contributed by atoms with Crippen LogP contribution in [0.1, 0.15) is 17.5 Å². The molecule has 6 heteroatoms. The molecule has 0 amide bonds. The SMILES string of the molecule is C1=Cc2cc(-c3nc(-c4cc(-c5ccc6sc7ccccc7c6c5)cc5oc6ccccc6c45)nc(-c4cccc5sc6ccccc6c45)n3)ccc2CC1. The van der Waals surface area contributed by atoms with Crippen LogP contribution in [-0.2, 0) is 6.42 Å². The second-order valence-corrected chi connectivity index (χ2v) is 16.4. The van der Waals surface area contributed by atoms with Gasteiger partial charge >= 0.3 is 0 Å². The fourth-order valence-corrected chi connectivity index (χ4v) is 10.6. The van der Waals surface area contributed by atoms with Crippen LogP contribution in [0.2, 0.25) is 0 Å². The van der Waals surface area contributed by atoms with E-state index in [9.17, 15) is 0 Å².